The molecular weight excluding hydrogens is 691 g/mol. The molecule has 4 nitrogen and oxygen atoms in total. The van der Waals surface area contributed by atoms with Gasteiger partial charge < -0.3 is 9.97 Å². The van der Waals surface area contributed by atoms with Crippen molar-refractivity contribution in [3.8, 4) is 22.6 Å². The van der Waals surface area contributed by atoms with Crippen molar-refractivity contribution in [1.29, 1.82) is 0 Å². The van der Waals surface area contributed by atoms with Crippen molar-refractivity contribution < 1.29 is 56.2 Å². The summed E-state index contributed by atoms with van der Waals surface area (Å²) in [7, 11) is 0. The third-order valence-electron chi connectivity index (χ3n) is 5.39. The molecule has 4 aromatic rings. The van der Waals surface area contributed by atoms with Gasteiger partial charge >= 0.3 is 33.4 Å². The van der Waals surface area contributed by atoms with E-state index in [0.29, 0.717) is 5.69 Å². The summed E-state index contributed by atoms with van der Waals surface area (Å²) in [5, 5.41) is 0. The van der Waals surface area contributed by atoms with Crippen molar-refractivity contribution in [2.24, 2.45) is 0 Å². The summed E-state index contributed by atoms with van der Waals surface area (Å²) in [5.74, 6) is -2.21. The fourth-order valence-corrected chi connectivity index (χ4v) is 3.50. The molecule has 4 aromatic heterocycles. The van der Waals surface area contributed by atoms with Gasteiger partial charge in [-0.15, -0.1) is 6.07 Å². The van der Waals surface area contributed by atoms with Crippen LogP contribution in [0.2, 0.25) is 0 Å². The third kappa shape index (κ3) is 5.74. The summed E-state index contributed by atoms with van der Waals surface area (Å²) in [4.78, 5) is 14.8. The van der Waals surface area contributed by atoms with E-state index in [0.717, 1.165) is 12.1 Å². The predicted octanol–water partition coefficient (Wildman–Crippen LogP) is 6.60. The molecule has 0 spiro atoms. The van der Waals surface area contributed by atoms with Gasteiger partial charge in [0.05, 0.1) is 5.69 Å². The fourth-order valence-electron chi connectivity index (χ4n) is 3.50. The molecule has 0 bridgehead atoms. The van der Waals surface area contributed by atoms with E-state index in [1.54, 1.807) is 19.9 Å². The van der Waals surface area contributed by atoms with Crippen LogP contribution in [0.5, 0.6) is 0 Å². The van der Waals surface area contributed by atoms with Gasteiger partial charge in [-0.05, 0) is 37.7 Å². The molecule has 0 N–H and O–H groups in total. The Labute approximate surface area is 219 Å². The molecular formula is C24H14F8N4Pt. The molecule has 37 heavy (non-hydrogen) atoms. The summed E-state index contributed by atoms with van der Waals surface area (Å²) >= 11 is 0. The standard InChI is InChI=1S/C24H14F8N4.Pt/c1-22(2,16-7-3-5-14(33-16)12-9-10-19(25)36-21(12)26)17-8-4-6-15(34-17)20-13(23(27,28)29)11-18(35-20)24(30,31)32;/h3-8,10-11H,1-2H3;/q-2;+2. The van der Waals surface area contributed by atoms with Crippen molar-refractivity contribution in [2.75, 3.05) is 0 Å². The molecule has 0 saturated carbocycles. The number of rotatable bonds is 4. The topological polar surface area (TPSA) is 52.8 Å². The van der Waals surface area contributed by atoms with Crippen molar-refractivity contribution in [3.05, 3.63) is 89.1 Å². The second kappa shape index (κ2) is 9.96. The first-order valence-electron chi connectivity index (χ1n) is 10.2. The average Bonchev–Trinajstić information content (AvgIpc) is 3.26. The number of hydrogen-bond donors (Lipinski definition) is 0. The number of hydrogen-bond acceptors (Lipinski definition) is 3. The molecule has 0 saturated heterocycles. The van der Waals surface area contributed by atoms with Crippen molar-refractivity contribution in [1.82, 2.24) is 19.9 Å². The van der Waals surface area contributed by atoms with Gasteiger partial charge in [0.15, 0.2) is 0 Å². The number of pyridine rings is 3. The number of nitrogens with zero attached hydrogens (tertiary/aromatic N) is 4. The minimum Gasteiger partial charge on any atom is -0.652 e. The quantitative estimate of drug-likeness (QED) is 0.137. The number of aromatic nitrogens is 4. The molecule has 196 valence electrons. The Morgan fingerprint density at radius 2 is 1.35 bits per heavy atom. The van der Waals surface area contributed by atoms with E-state index in [1.807, 2.05) is 0 Å². The van der Waals surface area contributed by atoms with Gasteiger partial charge in [-0.25, -0.2) is 8.78 Å². The number of alkyl halides is 6. The molecule has 4 heterocycles. The number of halogens is 8. The Hall–Kier alpha value is -3.14. The van der Waals surface area contributed by atoms with Gasteiger partial charge in [-0.2, -0.15) is 26.3 Å². The molecule has 0 aliphatic carbocycles. The van der Waals surface area contributed by atoms with Gasteiger partial charge in [0.1, 0.15) is 11.9 Å². The second-order valence-corrected chi connectivity index (χ2v) is 8.23. The Kier molecular flexibility index (Phi) is 7.65. The monoisotopic (exact) mass is 705 g/mol. The first-order chi connectivity index (χ1) is 16.7. The zero-order chi connectivity index (χ0) is 26.5. The van der Waals surface area contributed by atoms with E-state index in [9.17, 15) is 35.1 Å². The smallest absolute Gasteiger partial charge is 0.652 e. The van der Waals surface area contributed by atoms with Crippen LogP contribution in [0.25, 0.3) is 22.6 Å². The van der Waals surface area contributed by atoms with Gasteiger partial charge in [-0.3, -0.25) is 9.97 Å². The van der Waals surface area contributed by atoms with Gasteiger partial charge in [0.25, 0.3) is 0 Å². The normalized spacial score (nSPS) is 12.4. The Morgan fingerprint density at radius 1 is 0.784 bits per heavy atom. The molecule has 4 rings (SSSR count). The van der Waals surface area contributed by atoms with Crippen LogP contribution >= 0.6 is 0 Å². The van der Waals surface area contributed by atoms with E-state index >= 15 is 0 Å². The molecule has 0 fully saturated rings. The zero-order valence-corrected chi connectivity index (χ0v) is 21.0. The molecule has 0 aliphatic heterocycles. The van der Waals surface area contributed by atoms with Gasteiger partial charge in [0, 0.05) is 22.4 Å². The largest absolute Gasteiger partial charge is 2.00 e. The van der Waals surface area contributed by atoms with Gasteiger partial charge in [-0.1, -0.05) is 47.3 Å². The van der Waals surface area contributed by atoms with E-state index in [1.165, 1.54) is 24.3 Å². The average molecular weight is 705 g/mol. The van der Waals surface area contributed by atoms with Crippen LogP contribution < -0.4 is 4.98 Å². The van der Waals surface area contributed by atoms with E-state index in [-0.39, 0.29) is 44.1 Å². The van der Waals surface area contributed by atoms with E-state index in [2.05, 4.69) is 26.0 Å². The minimum absolute atomic E-state index is 0. The van der Waals surface area contributed by atoms with Crippen molar-refractivity contribution in [2.45, 2.75) is 31.6 Å². The molecule has 0 amide bonds. The second-order valence-electron chi connectivity index (χ2n) is 8.23. The fraction of sp³-hybridized carbons (Fsp3) is 0.208. The third-order valence-corrected chi connectivity index (χ3v) is 5.39. The maximum absolute atomic E-state index is 14.1. The van der Waals surface area contributed by atoms with E-state index < -0.39 is 52.3 Å². The van der Waals surface area contributed by atoms with Crippen LogP contribution in [0.4, 0.5) is 35.1 Å². The van der Waals surface area contributed by atoms with Crippen molar-refractivity contribution in [3.63, 3.8) is 0 Å². The van der Waals surface area contributed by atoms with Crippen LogP contribution in [-0.4, -0.2) is 15.0 Å². The summed E-state index contributed by atoms with van der Waals surface area (Å²) in [5.41, 5.74) is -5.40. The first kappa shape index (κ1) is 28.4. The molecule has 0 atom stereocenters. The van der Waals surface area contributed by atoms with Crippen LogP contribution in [-0.2, 0) is 38.8 Å². The predicted molar refractivity (Wildman–Crippen MR) is 111 cm³/mol. The first-order valence-corrected chi connectivity index (χ1v) is 10.2. The van der Waals surface area contributed by atoms with Crippen molar-refractivity contribution >= 4 is 0 Å². The van der Waals surface area contributed by atoms with Crippen LogP contribution in [0.3, 0.4) is 0 Å². The summed E-state index contributed by atoms with van der Waals surface area (Å²) in [6, 6.07) is 11.6. The van der Waals surface area contributed by atoms with Crippen LogP contribution in [0.15, 0.2) is 48.5 Å². The van der Waals surface area contributed by atoms with Gasteiger partial charge in [0.2, 0.25) is 0 Å². The Bertz CT molecular complexity index is 1430. The zero-order valence-electron chi connectivity index (χ0n) is 18.7. The minimum atomic E-state index is -5.10. The Balaban J connectivity index is 0.00000380. The summed E-state index contributed by atoms with van der Waals surface area (Å²) in [6.07, 6.45) is -10.2. The van der Waals surface area contributed by atoms with Crippen LogP contribution in [0.1, 0.15) is 36.5 Å². The summed E-state index contributed by atoms with van der Waals surface area (Å²) < 4.78 is 107. The molecule has 0 aliphatic rings. The molecule has 13 heteroatoms. The molecule has 0 radical (unpaired) electrons. The summed E-state index contributed by atoms with van der Waals surface area (Å²) in [6.45, 7) is 3.25. The maximum atomic E-state index is 14.1. The maximum Gasteiger partial charge on any atom is 2.00 e. The van der Waals surface area contributed by atoms with E-state index in [4.69, 9.17) is 0 Å². The molecule has 0 unspecified atom stereocenters. The van der Waals surface area contributed by atoms with Crippen LogP contribution in [0, 0.1) is 18.0 Å². The Morgan fingerprint density at radius 3 is 1.89 bits per heavy atom. The SMILES string of the molecule is CC(C)(c1cccc(-c2[c-]cc(F)nc2F)n1)c1cccc(-c2[n-]c(C(F)(F)F)cc2C(F)(F)F)n1.[Pt+2]. The molecule has 0 aromatic carbocycles.